The molecule has 0 radical (unpaired) electrons. The van der Waals surface area contributed by atoms with Gasteiger partial charge in [-0.1, -0.05) is 24.6 Å². The smallest absolute Gasteiger partial charge is 0.311 e. The van der Waals surface area contributed by atoms with Crippen LogP contribution in [0.2, 0.25) is 0 Å². The third-order valence-corrected chi connectivity index (χ3v) is 5.95. The van der Waals surface area contributed by atoms with Crippen molar-refractivity contribution in [1.29, 1.82) is 0 Å². The highest BCUT2D eigenvalue weighted by molar-refractivity contribution is 5.99. The van der Waals surface area contributed by atoms with Gasteiger partial charge in [0.1, 0.15) is 5.58 Å². The number of para-hydroxylation sites is 1. The zero-order valence-corrected chi connectivity index (χ0v) is 15.2. The predicted octanol–water partition coefficient (Wildman–Crippen LogP) is 2.82. The molecule has 1 aromatic heterocycles. The lowest BCUT2D eigenvalue weighted by Gasteiger charge is -2.23. The molecule has 4 rings (SSSR count). The van der Waals surface area contributed by atoms with Crippen molar-refractivity contribution in [2.24, 2.45) is 11.3 Å². The van der Waals surface area contributed by atoms with Crippen LogP contribution < -0.4 is 0 Å². The van der Waals surface area contributed by atoms with E-state index < -0.39 is 11.4 Å². The van der Waals surface area contributed by atoms with Crippen molar-refractivity contribution in [2.75, 3.05) is 27.2 Å². The Morgan fingerprint density at radius 3 is 2.81 bits per heavy atom. The molecule has 1 amide bonds. The highest BCUT2D eigenvalue weighted by Crippen LogP contribution is 2.49. The minimum atomic E-state index is -0.774. The van der Waals surface area contributed by atoms with Crippen LogP contribution in [0.1, 0.15) is 35.4 Å². The lowest BCUT2D eigenvalue weighted by Crippen LogP contribution is -2.37. The first-order chi connectivity index (χ1) is 12.4. The summed E-state index contributed by atoms with van der Waals surface area (Å²) in [6.07, 6.45) is 2.46. The summed E-state index contributed by atoms with van der Waals surface area (Å²) in [7, 11) is 3.91. The van der Waals surface area contributed by atoms with Gasteiger partial charge in [-0.15, -0.1) is 0 Å². The summed E-state index contributed by atoms with van der Waals surface area (Å²) in [4.78, 5) is 28.8. The maximum Gasteiger partial charge on any atom is 0.311 e. The Labute approximate surface area is 152 Å². The molecule has 6 heteroatoms. The maximum atomic E-state index is 13.2. The van der Waals surface area contributed by atoms with Crippen LogP contribution in [0.25, 0.3) is 11.0 Å². The molecule has 1 aliphatic carbocycles. The Kier molecular flexibility index (Phi) is 4.03. The molecule has 1 aromatic carbocycles. The van der Waals surface area contributed by atoms with Crippen molar-refractivity contribution in [3.05, 3.63) is 35.6 Å². The van der Waals surface area contributed by atoms with Crippen molar-refractivity contribution in [2.45, 2.75) is 25.8 Å². The average molecular weight is 356 g/mol. The highest BCUT2D eigenvalue weighted by Gasteiger charge is 2.56. The van der Waals surface area contributed by atoms with Gasteiger partial charge in [-0.05, 0) is 38.9 Å². The van der Waals surface area contributed by atoms with Crippen LogP contribution in [0, 0.1) is 11.3 Å². The van der Waals surface area contributed by atoms with Gasteiger partial charge < -0.3 is 19.3 Å². The summed E-state index contributed by atoms with van der Waals surface area (Å²) >= 11 is 0. The third-order valence-electron chi connectivity index (χ3n) is 5.95. The van der Waals surface area contributed by atoms with Crippen LogP contribution in [0.5, 0.6) is 0 Å². The van der Waals surface area contributed by atoms with Crippen molar-refractivity contribution < 1.29 is 19.1 Å². The summed E-state index contributed by atoms with van der Waals surface area (Å²) in [5, 5.41) is 10.7. The third kappa shape index (κ3) is 2.51. The predicted molar refractivity (Wildman–Crippen MR) is 96.9 cm³/mol. The molecular weight excluding hydrogens is 332 g/mol. The molecule has 2 fully saturated rings. The van der Waals surface area contributed by atoms with Crippen LogP contribution in [0.3, 0.4) is 0 Å². The normalized spacial score (nSPS) is 25.2. The fraction of sp³-hybridized carbons (Fsp3) is 0.500. The van der Waals surface area contributed by atoms with Gasteiger partial charge in [0.25, 0.3) is 5.91 Å². The monoisotopic (exact) mass is 356 g/mol. The highest BCUT2D eigenvalue weighted by atomic mass is 16.4. The van der Waals surface area contributed by atoms with Crippen LogP contribution in [-0.4, -0.2) is 54.0 Å². The molecule has 6 nitrogen and oxygen atoms in total. The van der Waals surface area contributed by atoms with E-state index >= 15 is 0 Å². The molecular formula is C20H24N2O4. The molecule has 0 bridgehead atoms. The van der Waals surface area contributed by atoms with Gasteiger partial charge in [0.15, 0.2) is 5.76 Å². The minimum absolute atomic E-state index is 0.0469. The van der Waals surface area contributed by atoms with Crippen molar-refractivity contribution in [1.82, 2.24) is 9.80 Å². The largest absolute Gasteiger partial charge is 0.481 e. The quantitative estimate of drug-likeness (QED) is 0.912. The summed E-state index contributed by atoms with van der Waals surface area (Å²) < 4.78 is 5.92. The van der Waals surface area contributed by atoms with Gasteiger partial charge in [-0.2, -0.15) is 0 Å². The fourth-order valence-electron chi connectivity index (χ4n) is 4.68. The second kappa shape index (κ2) is 6.13. The lowest BCUT2D eigenvalue weighted by atomic mass is 9.81. The van der Waals surface area contributed by atoms with Crippen LogP contribution in [0.15, 0.2) is 28.7 Å². The van der Waals surface area contributed by atoms with Crippen LogP contribution in [-0.2, 0) is 11.3 Å². The number of aliphatic carboxylic acids is 1. The molecule has 2 atom stereocenters. The molecule has 1 N–H and O–H groups in total. The van der Waals surface area contributed by atoms with E-state index in [0.29, 0.717) is 30.9 Å². The molecule has 2 heterocycles. The SMILES string of the molecule is CN(C)Cc1c(C(=O)N2C[C@@H]3CCC[C@@]3(C(=O)O)C2)oc2ccccc12. The van der Waals surface area contributed by atoms with E-state index in [2.05, 4.69) is 0 Å². The zero-order valence-electron chi connectivity index (χ0n) is 15.2. The first-order valence-corrected chi connectivity index (χ1v) is 9.10. The molecule has 2 aromatic rings. The molecule has 1 saturated heterocycles. The van der Waals surface area contributed by atoms with Gasteiger partial charge in [-0.25, -0.2) is 0 Å². The molecule has 1 aliphatic heterocycles. The van der Waals surface area contributed by atoms with Crippen molar-refractivity contribution in [3.8, 4) is 0 Å². The van der Waals surface area contributed by atoms with E-state index in [-0.39, 0.29) is 18.4 Å². The standard InChI is InChI=1S/C20H24N2O4/c1-21(2)11-15-14-7-3-4-8-16(14)26-17(15)18(23)22-10-13-6-5-9-20(13,12-22)19(24)25/h3-4,7-8,13H,5-6,9-12H2,1-2H3,(H,24,25)/t13-,20+/m0/s1. The molecule has 0 spiro atoms. The van der Waals surface area contributed by atoms with E-state index in [9.17, 15) is 14.7 Å². The van der Waals surface area contributed by atoms with E-state index in [1.807, 2.05) is 43.3 Å². The van der Waals surface area contributed by atoms with Gasteiger partial charge in [0.2, 0.25) is 0 Å². The Hall–Kier alpha value is -2.34. The Morgan fingerprint density at radius 1 is 1.35 bits per heavy atom. The van der Waals surface area contributed by atoms with Crippen molar-refractivity contribution >= 4 is 22.8 Å². The number of rotatable bonds is 4. The first kappa shape index (κ1) is 17.1. The molecule has 0 unspecified atom stereocenters. The number of carbonyl (C=O) groups is 2. The van der Waals surface area contributed by atoms with Crippen LogP contribution >= 0.6 is 0 Å². The number of carboxylic acid groups (broad SMARTS) is 1. The first-order valence-electron chi connectivity index (χ1n) is 9.10. The van der Waals surface area contributed by atoms with E-state index in [1.54, 1.807) is 4.90 Å². The number of likely N-dealkylation sites (tertiary alicyclic amines) is 1. The zero-order chi connectivity index (χ0) is 18.5. The van der Waals surface area contributed by atoms with Gasteiger partial charge >= 0.3 is 5.97 Å². The van der Waals surface area contributed by atoms with Crippen LogP contribution in [0.4, 0.5) is 0 Å². The molecule has 26 heavy (non-hydrogen) atoms. The summed E-state index contributed by atoms with van der Waals surface area (Å²) in [6, 6.07) is 7.65. The molecule has 2 aliphatic rings. The number of fused-ring (bicyclic) bond motifs is 2. The lowest BCUT2D eigenvalue weighted by molar-refractivity contribution is -0.149. The molecule has 1 saturated carbocycles. The number of hydrogen-bond donors (Lipinski definition) is 1. The number of hydrogen-bond acceptors (Lipinski definition) is 4. The molecule has 138 valence electrons. The number of amides is 1. The second-order valence-electron chi connectivity index (χ2n) is 7.88. The Morgan fingerprint density at radius 2 is 2.12 bits per heavy atom. The topological polar surface area (TPSA) is 74.0 Å². The van der Waals surface area contributed by atoms with E-state index in [1.165, 1.54) is 0 Å². The maximum absolute atomic E-state index is 13.2. The van der Waals surface area contributed by atoms with Crippen molar-refractivity contribution in [3.63, 3.8) is 0 Å². The van der Waals surface area contributed by atoms with E-state index in [0.717, 1.165) is 23.8 Å². The summed E-state index contributed by atoms with van der Waals surface area (Å²) in [5.74, 6) is -0.562. The van der Waals surface area contributed by atoms with Gasteiger partial charge in [-0.3, -0.25) is 9.59 Å². The number of carbonyl (C=O) groups excluding carboxylic acids is 1. The van der Waals surface area contributed by atoms with Gasteiger partial charge in [0.05, 0.1) is 5.41 Å². The second-order valence-corrected chi connectivity index (χ2v) is 7.88. The fourth-order valence-corrected chi connectivity index (χ4v) is 4.68. The summed E-state index contributed by atoms with van der Waals surface area (Å²) in [5.41, 5.74) is 0.792. The Bertz CT molecular complexity index is 872. The van der Waals surface area contributed by atoms with Gasteiger partial charge in [0, 0.05) is 30.6 Å². The number of nitrogens with zero attached hydrogens (tertiary/aromatic N) is 2. The number of furan rings is 1. The average Bonchev–Trinajstić information content (AvgIpc) is 3.25. The van der Waals surface area contributed by atoms with E-state index in [4.69, 9.17) is 4.42 Å². The number of benzene rings is 1. The Balaban J connectivity index is 1.70. The minimum Gasteiger partial charge on any atom is -0.481 e. The number of carboxylic acids is 1. The summed E-state index contributed by atoms with van der Waals surface area (Å²) in [6.45, 7) is 1.38.